The zero-order valence-electron chi connectivity index (χ0n) is 18.1. The number of carbonyl (C=O) groups excluding carboxylic acids is 1. The number of rotatable bonds is 8. The van der Waals surface area contributed by atoms with Gasteiger partial charge in [0.2, 0.25) is 0 Å². The molecule has 0 saturated heterocycles. The minimum absolute atomic E-state index is 0.150. The third-order valence-electron chi connectivity index (χ3n) is 4.53. The van der Waals surface area contributed by atoms with Gasteiger partial charge in [0, 0.05) is 5.56 Å². The lowest BCUT2D eigenvalue weighted by molar-refractivity contribution is -0.137. The van der Waals surface area contributed by atoms with E-state index in [2.05, 4.69) is 10.5 Å². The second-order valence-corrected chi connectivity index (χ2v) is 8.30. The van der Waals surface area contributed by atoms with Crippen molar-refractivity contribution in [2.45, 2.75) is 19.7 Å². The summed E-state index contributed by atoms with van der Waals surface area (Å²) in [7, 11) is 0. The van der Waals surface area contributed by atoms with Crippen molar-refractivity contribution in [3.8, 4) is 11.5 Å². The summed E-state index contributed by atoms with van der Waals surface area (Å²) >= 11 is 18.3. The fourth-order valence-electron chi connectivity index (χ4n) is 2.92. The molecule has 0 fully saturated rings. The van der Waals surface area contributed by atoms with Crippen LogP contribution in [0.3, 0.4) is 0 Å². The molecule has 184 valence electrons. The predicted molar refractivity (Wildman–Crippen MR) is 130 cm³/mol. The second kappa shape index (κ2) is 11.7. The molecule has 0 unspecified atom stereocenters. The molecule has 0 saturated carbocycles. The van der Waals surface area contributed by atoms with Crippen LogP contribution < -0.4 is 14.9 Å². The molecule has 11 heteroatoms. The summed E-state index contributed by atoms with van der Waals surface area (Å²) in [5, 5.41) is 4.84. The van der Waals surface area contributed by atoms with E-state index in [4.69, 9.17) is 44.3 Å². The zero-order valence-corrected chi connectivity index (χ0v) is 20.4. The summed E-state index contributed by atoms with van der Waals surface area (Å²) in [6.45, 7) is 2.26. The number of nitrogens with one attached hydrogen (secondary N) is 1. The highest BCUT2D eigenvalue weighted by Gasteiger charge is 2.30. The van der Waals surface area contributed by atoms with Crippen LogP contribution in [0.2, 0.25) is 15.1 Å². The average Bonchev–Trinajstić information content (AvgIpc) is 2.80. The Morgan fingerprint density at radius 2 is 1.77 bits per heavy atom. The standard InChI is InChI=1S/C24H18Cl3F3N2O3/c1-2-34-21-10-15(9-20(27)22(21)35-13-14-6-7-18(25)19(26)8-14)12-31-32-23(33)16-4-3-5-17(11-16)24(28,29)30/h3-12H,2,13H2,1H3,(H,32,33)/b31-12-. The summed E-state index contributed by atoms with van der Waals surface area (Å²) < 4.78 is 50.0. The molecule has 0 aliphatic carbocycles. The van der Waals surface area contributed by atoms with E-state index in [0.717, 1.165) is 23.8 Å². The summed E-state index contributed by atoms with van der Waals surface area (Å²) in [4.78, 5) is 12.2. The Hall–Kier alpha value is -2.94. The van der Waals surface area contributed by atoms with E-state index in [1.165, 1.54) is 18.3 Å². The molecular weight excluding hydrogens is 528 g/mol. The van der Waals surface area contributed by atoms with Gasteiger partial charge in [-0.3, -0.25) is 4.79 Å². The molecule has 0 spiro atoms. The molecule has 3 aromatic rings. The van der Waals surface area contributed by atoms with E-state index in [1.54, 1.807) is 31.2 Å². The molecule has 0 aliphatic rings. The Kier molecular flexibility index (Phi) is 8.88. The van der Waals surface area contributed by atoms with Crippen molar-refractivity contribution in [3.63, 3.8) is 0 Å². The first kappa shape index (κ1) is 26.7. The first-order valence-corrected chi connectivity index (χ1v) is 11.3. The van der Waals surface area contributed by atoms with Gasteiger partial charge in [-0.25, -0.2) is 5.43 Å². The summed E-state index contributed by atoms with van der Waals surface area (Å²) in [6.07, 6.45) is -3.28. The molecule has 0 atom stereocenters. The third-order valence-corrected chi connectivity index (χ3v) is 5.55. The Bertz CT molecular complexity index is 1250. The third kappa shape index (κ3) is 7.27. The fraction of sp³-hybridized carbons (Fsp3) is 0.167. The van der Waals surface area contributed by atoms with E-state index in [-0.39, 0.29) is 17.2 Å². The van der Waals surface area contributed by atoms with E-state index in [9.17, 15) is 18.0 Å². The van der Waals surface area contributed by atoms with Crippen LogP contribution in [-0.4, -0.2) is 18.7 Å². The highest BCUT2D eigenvalue weighted by Crippen LogP contribution is 2.37. The van der Waals surface area contributed by atoms with E-state index < -0.39 is 17.6 Å². The van der Waals surface area contributed by atoms with Crippen molar-refractivity contribution in [1.29, 1.82) is 0 Å². The summed E-state index contributed by atoms with van der Waals surface area (Å²) in [5.74, 6) is -0.166. The minimum Gasteiger partial charge on any atom is -0.490 e. The molecule has 0 heterocycles. The van der Waals surface area contributed by atoms with E-state index >= 15 is 0 Å². The number of hydrogen-bond donors (Lipinski definition) is 1. The number of carbonyl (C=O) groups is 1. The first-order chi connectivity index (χ1) is 16.6. The molecule has 35 heavy (non-hydrogen) atoms. The van der Waals surface area contributed by atoms with E-state index in [1.807, 2.05) is 0 Å². The largest absolute Gasteiger partial charge is 0.490 e. The maximum absolute atomic E-state index is 12.9. The van der Waals surface area contributed by atoms with Gasteiger partial charge in [0.05, 0.1) is 33.5 Å². The number of alkyl halides is 3. The Balaban J connectivity index is 1.73. The van der Waals surface area contributed by atoms with Crippen molar-refractivity contribution in [3.05, 3.63) is 91.9 Å². The van der Waals surface area contributed by atoms with Crippen molar-refractivity contribution in [1.82, 2.24) is 5.43 Å². The fourth-order valence-corrected chi connectivity index (χ4v) is 3.51. The van der Waals surface area contributed by atoms with E-state index in [0.29, 0.717) is 33.7 Å². The summed E-state index contributed by atoms with van der Waals surface area (Å²) in [5.41, 5.74) is 2.30. The number of amides is 1. The highest BCUT2D eigenvalue weighted by molar-refractivity contribution is 6.42. The van der Waals surface area contributed by atoms with Gasteiger partial charge < -0.3 is 9.47 Å². The molecule has 1 N–H and O–H groups in total. The van der Waals surface area contributed by atoms with Gasteiger partial charge in [-0.1, -0.05) is 46.9 Å². The maximum Gasteiger partial charge on any atom is 0.416 e. The molecule has 3 aromatic carbocycles. The van der Waals surface area contributed by atoms with Crippen molar-refractivity contribution in [2.24, 2.45) is 5.10 Å². The average molecular weight is 546 g/mol. The molecule has 3 rings (SSSR count). The minimum atomic E-state index is -4.56. The Morgan fingerprint density at radius 1 is 1.00 bits per heavy atom. The number of hydrogen-bond acceptors (Lipinski definition) is 4. The number of halogens is 6. The van der Waals surface area contributed by atoms with Crippen LogP contribution in [0.1, 0.15) is 34.0 Å². The van der Waals surface area contributed by atoms with Gasteiger partial charge in [0.15, 0.2) is 11.5 Å². The lowest BCUT2D eigenvalue weighted by atomic mass is 10.1. The first-order valence-electron chi connectivity index (χ1n) is 10.1. The Morgan fingerprint density at radius 3 is 2.46 bits per heavy atom. The van der Waals surface area contributed by atoms with Crippen LogP contribution in [-0.2, 0) is 12.8 Å². The number of nitrogens with zero attached hydrogens (tertiary/aromatic N) is 1. The SMILES string of the molecule is CCOc1cc(/C=N\NC(=O)c2cccc(C(F)(F)F)c2)cc(Cl)c1OCc1ccc(Cl)c(Cl)c1. The van der Waals surface area contributed by atoms with Gasteiger partial charge in [-0.15, -0.1) is 0 Å². The Labute approximate surface area is 214 Å². The predicted octanol–water partition coefficient (Wildman–Crippen LogP) is 7.41. The van der Waals surface area contributed by atoms with Crippen LogP contribution in [0.15, 0.2) is 59.7 Å². The van der Waals surface area contributed by atoms with Crippen molar-refractivity contribution in [2.75, 3.05) is 6.61 Å². The number of ether oxygens (including phenoxy) is 2. The van der Waals surface area contributed by atoms with Gasteiger partial charge >= 0.3 is 6.18 Å². The molecule has 0 radical (unpaired) electrons. The van der Waals surface area contributed by atoms with Crippen LogP contribution in [0.25, 0.3) is 0 Å². The lowest BCUT2D eigenvalue weighted by Crippen LogP contribution is -2.18. The molecule has 0 aliphatic heterocycles. The van der Waals surface area contributed by atoms with Gasteiger partial charge in [0.25, 0.3) is 5.91 Å². The van der Waals surface area contributed by atoms with Crippen molar-refractivity contribution < 1.29 is 27.4 Å². The number of hydrazone groups is 1. The lowest BCUT2D eigenvalue weighted by Gasteiger charge is -2.14. The quantitative estimate of drug-likeness (QED) is 0.237. The molecule has 0 aromatic heterocycles. The van der Waals surface area contributed by atoms with Crippen molar-refractivity contribution >= 4 is 46.9 Å². The summed E-state index contributed by atoms with van der Waals surface area (Å²) in [6, 6.07) is 12.2. The smallest absolute Gasteiger partial charge is 0.416 e. The van der Waals surface area contributed by atoms with Gasteiger partial charge in [-0.2, -0.15) is 18.3 Å². The van der Waals surface area contributed by atoms with Crippen LogP contribution >= 0.6 is 34.8 Å². The second-order valence-electron chi connectivity index (χ2n) is 7.08. The van der Waals surface area contributed by atoms with Crippen LogP contribution in [0, 0.1) is 0 Å². The highest BCUT2D eigenvalue weighted by atomic mass is 35.5. The number of benzene rings is 3. The molecule has 0 bridgehead atoms. The maximum atomic E-state index is 12.9. The van der Waals surface area contributed by atoms with Crippen LogP contribution in [0.5, 0.6) is 11.5 Å². The van der Waals surface area contributed by atoms with Gasteiger partial charge in [-0.05, 0) is 60.5 Å². The monoisotopic (exact) mass is 544 g/mol. The molecular formula is C24H18Cl3F3N2O3. The molecule has 5 nitrogen and oxygen atoms in total. The zero-order chi connectivity index (χ0) is 25.6. The topological polar surface area (TPSA) is 59.9 Å². The van der Waals surface area contributed by atoms with Gasteiger partial charge in [0.1, 0.15) is 6.61 Å². The normalized spacial score (nSPS) is 11.5. The molecule has 1 amide bonds. The van der Waals surface area contributed by atoms with Crippen LogP contribution in [0.4, 0.5) is 13.2 Å².